The number of methoxy groups -OCH3 is 2. The number of esters is 1. The summed E-state index contributed by atoms with van der Waals surface area (Å²) in [5.41, 5.74) is 1.33. The maximum Gasteiger partial charge on any atom is 0.319 e. The first-order chi connectivity index (χ1) is 16.9. The van der Waals surface area contributed by atoms with Crippen LogP contribution in [0.4, 0.5) is 5.69 Å². The molecule has 3 rings (SSSR count). The molecule has 2 aromatic rings. The number of nitriles is 1. The molecule has 0 bridgehead atoms. The Kier molecular flexibility index (Phi) is 8.75. The average Bonchev–Trinajstić information content (AvgIpc) is 2.88. The van der Waals surface area contributed by atoms with Crippen LogP contribution in [-0.4, -0.2) is 44.4 Å². The molecule has 2 atom stereocenters. The Morgan fingerprint density at radius 3 is 2.31 bits per heavy atom. The minimum Gasteiger partial charge on any atom is -0.497 e. The number of allylic oxidation sites excluding steroid dienone is 1. The molecule has 2 amide bonds. The fourth-order valence-corrected chi connectivity index (χ4v) is 4.48. The zero-order valence-corrected chi connectivity index (χ0v) is 20.3. The van der Waals surface area contributed by atoms with Crippen molar-refractivity contribution < 1.29 is 28.6 Å². The normalized spacial score (nSPS) is 17.1. The maximum absolute atomic E-state index is 12.9. The SMILES string of the molecule is CCOc1ccc(NC(=O)CSC2=C(C#N)[C@H](c3ccc(OC)cc3)[C@@H](C(=O)OC)C(=O)N2)cc1. The molecule has 0 saturated carbocycles. The van der Waals surface area contributed by atoms with Gasteiger partial charge in [-0.25, -0.2) is 0 Å². The quantitative estimate of drug-likeness (QED) is 0.401. The van der Waals surface area contributed by atoms with Gasteiger partial charge in [0.2, 0.25) is 11.8 Å². The third-order valence-electron chi connectivity index (χ3n) is 5.26. The van der Waals surface area contributed by atoms with E-state index >= 15 is 0 Å². The molecule has 35 heavy (non-hydrogen) atoms. The molecule has 0 fully saturated rings. The number of hydrogen-bond acceptors (Lipinski definition) is 8. The molecule has 1 aliphatic heterocycles. The van der Waals surface area contributed by atoms with E-state index in [-0.39, 0.29) is 22.3 Å². The van der Waals surface area contributed by atoms with Crippen LogP contribution in [0.25, 0.3) is 0 Å². The third kappa shape index (κ3) is 6.13. The van der Waals surface area contributed by atoms with Crippen LogP contribution in [0.1, 0.15) is 18.4 Å². The first-order valence-corrected chi connectivity index (χ1v) is 11.7. The molecule has 1 heterocycles. The van der Waals surface area contributed by atoms with Crippen LogP contribution < -0.4 is 20.1 Å². The zero-order valence-electron chi connectivity index (χ0n) is 19.5. The summed E-state index contributed by atoms with van der Waals surface area (Å²) in [5, 5.41) is 15.6. The predicted molar refractivity (Wildman–Crippen MR) is 131 cm³/mol. The number of carbonyl (C=O) groups excluding carboxylic acids is 3. The summed E-state index contributed by atoms with van der Waals surface area (Å²) in [6, 6.07) is 15.8. The number of rotatable bonds is 9. The lowest BCUT2D eigenvalue weighted by Gasteiger charge is -2.31. The molecule has 2 N–H and O–H groups in total. The molecule has 0 aliphatic carbocycles. The summed E-state index contributed by atoms with van der Waals surface area (Å²) in [6.07, 6.45) is 0. The molecule has 0 aromatic heterocycles. The van der Waals surface area contributed by atoms with E-state index < -0.39 is 23.7 Å². The highest BCUT2D eigenvalue weighted by molar-refractivity contribution is 8.03. The number of anilines is 1. The smallest absolute Gasteiger partial charge is 0.319 e. The molecule has 0 spiro atoms. The van der Waals surface area contributed by atoms with Gasteiger partial charge in [-0.3, -0.25) is 14.4 Å². The lowest BCUT2D eigenvalue weighted by Crippen LogP contribution is -2.44. The van der Waals surface area contributed by atoms with Crippen molar-refractivity contribution in [2.45, 2.75) is 12.8 Å². The van der Waals surface area contributed by atoms with E-state index in [1.807, 2.05) is 6.92 Å². The van der Waals surface area contributed by atoms with Gasteiger partial charge in [0.15, 0.2) is 0 Å². The van der Waals surface area contributed by atoms with Gasteiger partial charge in [-0.1, -0.05) is 23.9 Å². The summed E-state index contributed by atoms with van der Waals surface area (Å²) >= 11 is 1.01. The highest BCUT2D eigenvalue weighted by Gasteiger charge is 2.44. The van der Waals surface area contributed by atoms with E-state index in [9.17, 15) is 19.6 Å². The molecular weight excluding hydrogens is 470 g/mol. The average molecular weight is 496 g/mol. The molecule has 2 aromatic carbocycles. The molecule has 0 radical (unpaired) electrons. The van der Waals surface area contributed by atoms with E-state index in [4.69, 9.17) is 14.2 Å². The van der Waals surface area contributed by atoms with E-state index in [0.717, 1.165) is 11.8 Å². The molecule has 10 heteroatoms. The van der Waals surface area contributed by atoms with Crippen molar-refractivity contribution in [2.75, 3.05) is 31.9 Å². The van der Waals surface area contributed by atoms with Crippen LogP contribution >= 0.6 is 11.8 Å². The van der Waals surface area contributed by atoms with Crippen molar-refractivity contribution in [3.8, 4) is 17.6 Å². The van der Waals surface area contributed by atoms with Crippen molar-refractivity contribution in [2.24, 2.45) is 5.92 Å². The van der Waals surface area contributed by atoms with Crippen LogP contribution in [0.3, 0.4) is 0 Å². The molecule has 0 unspecified atom stereocenters. The molecule has 1 aliphatic rings. The Balaban J connectivity index is 1.82. The number of hydrogen-bond donors (Lipinski definition) is 2. The minimum atomic E-state index is -1.25. The molecule has 9 nitrogen and oxygen atoms in total. The van der Waals surface area contributed by atoms with E-state index in [2.05, 4.69) is 16.7 Å². The Morgan fingerprint density at radius 1 is 1.09 bits per heavy atom. The fraction of sp³-hybridized carbons (Fsp3) is 0.280. The van der Waals surface area contributed by atoms with Crippen LogP contribution in [-0.2, 0) is 19.1 Å². The second-order valence-corrected chi connectivity index (χ2v) is 8.38. The number of thioether (sulfide) groups is 1. The lowest BCUT2D eigenvalue weighted by molar-refractivity contribution is -0.150. The fourth-order valence-electron chi connectivity index (χ4n) is 3.63. The summed E-state index contributed by atoms with van der Waals surface area (Å²) < 4.78 is 15.4. The Morgan fingerprint density at radius 2 is 1.74 bits per heavy atom. The molecular formula is C25H25N3O6S. The number of carbonyl (C=O) groups is 3. The number of benzene rings is 2. The summed E-state index contributed by atoms with van der Waals surface area (Å²) in [6.45, 7) is 2.42. The number of nitrogens with one attached hydrogen (secondary N) is 2. The van der Waals surface area contributed by atoms with Crippen molar-refractivity contribution in [3.05, 3.63) is 64.7 Å². The standard InChI is InChI=1S/C25H25N3O6S/c1-4-34-18-11-7-16(8-12-18)27-20(29)14-35-24-19(13-26)21(15-5-9-17(32-2)10-6-15)22(23(30)28-24)25(31)33-3/h5-12,21-22H,4,14H2,1-3H3,(H,27,29)(H,28,30)/t21-,22+/m0/s1. The second-order valence-electron chi connectivity index (χ2n) is 7.39. The summed E-state index contributed by atoms with van der Waals surface area (Å²) in [5.74, 6) is -2.58. The van der Waals surface area contributed by atoms with Gasteiger partial charge in [0.1, 0.15) is 17.4 Å². The topological polar surface area (TPSA) is 127 Å². The van der Waals surface area contributed by atoms with Crippen LogP contribution in [0.5, 0.6) is 11.5 Å². The van der Waals surface area contributed by atoms with Crippen molar-refractivity contribution in [1.82, 2.24) is 5.32 Å². The Hall–Kier alpha value is -3.97. The predicted octanol–water partition coefficient (Wildman–Crippen LogP) is 3.20. The monoisotopic (exact) mass is 495 g/mol. The van der Waals surface area contributed by atoms with Crippen LogP contribution in [0.2, 0.25) is 0 Å². The van der Waals surface area contributed by atoms with E-state index in [1.54, 1.807) is 48.5 Å². The van der Waals surface area contributed by atoms with Crippen LogP contribution in [0, 0.1) is 17.2 Å². The van der Waals surface area contributed by atoms with Gasteiger partial charge in [0, 0.05) is 11.6 Å². The third-order valence-corrected chi connectivity index (χ3v) is 6.27. The van der Waals surface area contributed by atoms with E-state index in [0.29, 0.717) is 29.4 Å². The molecule has 0 saturated heterocycles. The van der Waals surface area contributed by atoms with Crippen molar-refractivity contribution in [3.63, 3.8) is 0 Å². The van der Waals surface area contributed by atoms with Gasteiger partial charge in [-0.2, -0.15) is 5.26 Å². The van der Waals surface area contributed by atoms with Crippen molar-refractivity contribution >= 4 is 35.2 Å². The largest absolute Gasteiger partial charge is 0.497 e. The van der Waals surface area contributed by atoms with Gasteiger partial charge < -0.3 is 24.8 Å². The highest BCUT2D eigenvalue weighted by atomic mass is 32.2. The van der Waals surface area contributed by atoms with Crippen molar-refractivity contribution in [1.29, 1.82) is 5.26 Å². The van der Waals surface area contributed by atoms with Gasteiger partial charge in [-0.05, 0) is 48.9 Å². The number of ether oxygens (including phenoxy) is 3. The first kappa shape index (κ1) is 25.6. The zero-order chi connectivity index (χ0) is 25.4. The van der Waals surface area contributed by atoms with Crippen LogP contribution in [0.15, 0.2) is 59.1 Å². The second kappa shape index (κ2) is 11.9. The first-order valence-electron chi connectivity index (χ1n) is 10.7. The Labute approximate surface area is 207 Å². The van der Waals surface area contributed by atoms with Gasteiger partial charge in [0.05, 0.1) is 43.3 Å². The van der Waals surface area contributed by atoms with Gasteiger partial charge >= 0.3 is 5.97 Å². The maximum atomic E-state index is 12.9. The molecule has 182 valence electrons. The summed E-state index contributed by atoms with van der Waals surface area (Å²) in [7, 11) is 2.71. The Bertz CT molecular complexity index is 1160. The minimum absolute atomic E-state index is 0.0633. The number of amides is 2. The summed E-state index contributed by atoms with van der Waals surface area (Å²) in [4.78, 5) is 37.9. The highest BCUT2D eigenvalue weighted by Crippen LogP contribution is 2.40. The van der Waals surface area contributed by atoms with Gasteiger partial charge in [-0.15, -0.1) is 0 Å². The van der Waals surface area contributed by atoms with Gasteiger partial charge in [0.25, 0.3) is 0 Å². The number of nitrogens with zero attached hydrogens (tertiary/aromatic N) is 1. The van der Waals surface area contributed by atoms with E-state index in [1.165, 1.54) is 14.2 Å². The lowest BCUT2D eigenvalue weighted by atomic mass is 9.78.